The summed E-state index contributed by atoms with van der Waals surface area (Å²) in [6, 6.07) is 0.680. The number of nitrogens with one attached hydrogen (secondary N) is 1. The third-order valence-electron chi connectivity index (χ3n) is 6.36. The van der Waals surface area contributed by atoms with E-state index in [2.05, 4.69) is 11.4 Å². The maximum atomic E-state index is 13.6. The summed E-state index contributed by atoms with van der Waals surface area (Å²) in [7, 11) is 0. The Kier molecular flexibility index (Phi) is 5.61. The minimum absolute atomic E-state index is 0.0322. The molecule has 3 aliphatic rings. The van der Waals surface area contributed by atoms with E-state index in [9.17, 15) is 25.1 Å². The van der Waals surface area contributed by atoms with Crippen LogP contribution in [0.25, 0.3) is 0 Å². The number of carbonyl (C=O) groups excluding carboxylic acids is 2. The van der Waals surface area contributed by atoms with Crippen LogP contribution in [0.1, 0.15) is 59.3 Å². The maximum Gasteiger partial charge on any atom is 0.408 e. The van der Waals surface area contributed by atoms with E-state index in [1.807, 2.05) is 0 Å². The molecule has 3 rings (SSSR count). The number of nitrogens with zero attached hydrogens (tertiary/aromatic N) is 2. The molecule has 2 saturated carbocycles. The molecule has 0 radical (unpaired) electrons. The number of nitriles is 1. The molecule has 0 spiro atoms. The molecule has 3 N–H and O–H groups in total. The molecule has 0 aromatic rings. The second kappa shape index (κ2) is 7.53. The molecule has 3 fully saturated rings. The Morgan fingerprint density at radius 3 is 2.50 bits per heavy atom. The van der Waals surface area contributed by atoms with Gasteiger partial charge in [0.1, 0.15) is 17.7 Å². The minimum atomic E-state index is -1.14. The summed E-state index contributed by atoms with van der Waals surface area (Å²) in [5.74, 6) is -0.00474. The van der Waals surface area contributed by atoms with Gasteiger partial charge in [0.05, 0.1) is 18.8 Å². The number of hydrogen-bond donors (Lipinski definition) is 3. The molecule has 0 aromatic carbocycles. The number of likely N-dealkylation sites (tertiary alicyclic amines) is 1. The highest BCUT2D eigenvalue weighted by Gasteiger charge is 2.59. The van der Waals surface area contributed by atoms with E-state index in [-0.39, 0.29) is 11.9 Å². The average Bonchev–Trinajstić information content (AvgIpc) is 3.06. The lowest BCUT2D eigenvalue weighted by molar-refractivity contribution is -0.142. The van der Waals surface area contributed by atoms with Crippen LogP contribution < -0.4 is 5.32 Å². The molecular formula is C20H31N3O5. The van der Waals surface area contributed by atoms with Crippen molar-refractivity contribution in [1.82, 2.24) is 10.2 Å². The number of hydrogen-bond acceptors (Lipinski definition) is 6. The van der Waals surface area contributed by atoms with Crippen LogP contribution in [0.2, 0.25) is 0 Å². The summed E-state index contributed by atoms with van der Waals surface area (Å²) < 4.78 is 5.36. The van der Waals surface area contributed by atoms with E-state index in [1.165, 1.54) is 0 Å². The van der Waals surface area contributed by atoms with Gasteiger partial charge in [-0.2, -0.15) is 5.26 Å². The fraction of sp³-hybridized carbons (Fsp3) is 0.850. The highest BCUT2D eigenvalue weighted by Crippen LogP contribution is 2.50. The van der Waals surface area contributed by atoms with Crippen molar-refractivity contribution in [2.45, 2.75) is 89.1 Å². The third kappa shape index (κ3) is 3.83. The van der Waals surface area contributed by atoms with Gasteiger partial charge in [-0.1, -0.05) is 12.8 Å². The van der Waals surface area contributed by atoms with Crippen molar-refractivity contribution >= 4 is 12.0 Å². The van der Waals surface area contributed by atoms with Gasteiger partial charge in [0.25, 0.3) is 0 Å². The Morgan fingerprint density at radius 2 is 1.96 bits per heavy atom. The van der Waals surface area contributed by atoms with Gasteiger partial charge in [-0.15, -0.1) is 0 Å². The summed E-state index contributed by atoms with van der Waals surface area (Å²) >= 11 is 0. The first-order valence-electron chi connectivity index (χ1n) is 10.1. The van der Waals surface area contributed by atoms with E-state index in [1.54, 1.807) is 25.7 Å². The molecule has 28 heavy (non-hydrogen) atoms. The lowest BCUT2D eigenvalue weighted by Crippen LogP contribution is -2.62. The number of ether oxygens (including phenoxy) is 1. The van der Waals surface area contributed by atoms with Crippen LogP contribution in [-0.4, -0.2) is 63.6 Å². The molecule has 8 nitrogen and oxygen atoms in total. The van der Waals surface area contributed by atoms with Crippen molar-refractivity contribution in [3.63, 3.8) is 0 Å². The van der Waals surface area contributed by atoms with Gasteiger partial charge in [-0.3, -0.25) is 4.79 Å². The van der Waals surface area contributed by atoms with Crippen LogP contribution in [0.3, 0.4) is 0 Å². The molecule has 2 amide bonds. The number of carbonyl (C=O) groups is 2. The van der Waals surface area contributed by atoms with Gasteiger partial charge < -0.3 is 25.2 Å². The predicted molar refractivity (Wildman–Crippen MR) is 99.9 cm³/mol. The summed E-state index contributed by atoms with van der Waals surface area (Å²) in [6.45, 7) is 4.71. The van der Waals surface area contributed by atoms with Gasteiger partial charge in [0.2, 0.25) is 5.91 Å². The number of alkyl carbamates (subject to hydrolysis) is 1. The highest BCUT2D eigenvalue weighted by atomic mass is 16.6. The van der Waals surface area contributed by atoms with Gasteiger partial charge in [0.15, 0.2) is 0 Å². The molecule has 0 bridgehead atoms. The van der Waals surface area contributed by atoms with Gasteiger partial charge in [-0.25, -0.2) is 4.79 Å². The Morgan fingerprint density at radius 1 is 1.32 bits per heavy atom. The minimum Gasteiger partial charge on any atom is -0.444 e. The monoisotopic (exact) mass is 393 g/mol. The van der Waals surface area contributed by atoms with Crippen molar-refractivity contribution in [3.05, 3.63) is 0 Å². The third-order valence-corrected chi connectivity index (χ3v) is 6.36. The second-order valence-electron chi connectivity index (χ2n) is 9.41. The summed E-state index contributed by atoms with van der Waals surface area (Å²) in [6.07, 6.45) is 2.27. The predicted octanol–water partition coefficient (Wildman–Crippen LogP) is 1.31. The number of piperidine rings is 1. The number of fused-ring (bicyclic) bond motifs is 1. The van der Waals surface area contributed by atoms with Crippen LogP contribution in [0.15, 0.2) is 0 Å². The number of aliphatic hydroxyl groups is 2. The number of aliphatic hydroxyl groups excluding tert-OH is 2. The lowest BCUT2D eigenvalue weighted by Gasteiger charge is -2.42. The smallest absolute Gasteiger partial charge is 0.408 e. The Hall–Kier alpha value is -1.85. The molecular weight excluding hydrogens is 362 g/mol. The molecule has 1 heterocycles. The number of rotatable bonds is 5. The number of amides is 2. The molecule has 156 valence electrons. The second-order valence-corrected chi connectivity index (χ2v) is 9.41. The van der Waals surface area contributed by atoms with Crippen molar-refractivity contribution < 1.29 is 24.5 Å². The Bertz CT molecular complexity index is 662. The van der Waals surface area contributed by atoms with Crippen LogP contribution in [-0.2, 0) is 9.53 Å². The first-order valence-corrected chi connectivity index (χ1v) is 10.1. The molecule has 1 aliphatic heterocycles. The fourth-order valence-electron chi connectivity index (χ4n) is 4.94. The van der Waals surface area contributed by atoms with Crippen LogP contribution in [0, 0.1) is 22.7 Å². The molecule has 8 heteroatoms. The van der Waals surface area contributed by atoms with E-state index in [4.69, 9.17) is 4.74 Å². The fourth-order valence-corrected chi connectivity index (χ4v) is 4.94. The largest absolute Gasteiger partial charge is 0.444 e. The summed E-state index contributed by atoms with van der Waals surface area (Å²) in [5.41, 5.74) is -1.70. The van der Waals surface area contributed by atoms with Crippen molar-refractivity contribution in [2.24, 2.45) is 11.3 Å². The lowest BCUT2D eigenvalue weighted by atomic mass is 9.73. The van der Waals surface area contributed by atoms with Crippen molar-refractivity contribution in [3.8, 4) is 6.07 Å². The zero-order chi connectivity index (χ0) is 20.7. The van der Waals surface area contributed by atoms with Crippen LogP contribution >= 0.6 is 0 Å². The molecule has 5 atom stereocenters. The topological polar surface area (TPSA) is 123 Å². The van der Waals surface area contributed by atoms with E-state index < -0.39 is 41.9 Å². The Balaban J connectivity index is 1.91. The Labute approximate surface area is 165 Å². The van der Waals surface area contributed by atoms with Crippen molar-refractivity contribution in [1.29, 1.82) is 5.26 Å². The quantitative estimate of drug-likeness (QED) is 0.647. The summed E-state index contributed by atoms with van der Waals surface area (Å²) in [5, 5.41) is 32.5. The SMILES string of the molecule is CC(C)(C)OC(=O)N[C@H](C(=O)N1[C@H](C#N)C[C@@H]2C[C@@H]21)C1(C(O)CO)CCCC1. The first kappa shape index (κ1) is 20.9. The zero-order valence-electron chi connectivity index (χ0n) is 16.9. The molecule has 1 unspecified atom stereocenters. The molecule has 1 saturated heterocycles. The van der Waals surface area contributed by atoms with Gasteiger partial charge >= 0.3 is 6.09 Å². The van der Waals surface area contributed by atoms with Crippen molar-refractivity contribution in [2.75, 3.05) is 6.61 Å². The first-order chi connectivity index (χ1) is 13.1. The maximum absolute atomic E-state index is 13.6. The van der Waals surface area contributed by atoms with E-state index in [0.29, 0.717) is 25.2 Å². The highest BCUT2D eigenvalue weighted by molar-refractivity contribution is 5.88. The van der Waals surface area contributed by atoms with Crippen LogP contribution in [0.4, 0.5) is 4.79 Å². The van der Waals surface area contributed by atoms with Gasteiger partial charge in [0, 0.05) is 11.5 Å². The van der Waals surface area contributed by atoms with E-state index >= 15 is 0 Å². The summed E-state index contributed by atoms with van der Waals surface area (Å²) in [4.78, 5) is 27.7. The van der Waals surface area contributed by atoms with Crippen LogP contribution in [0.5, 0.6) is 0 Å². The average molecular weight is 393 g/mol. The standard InChI is InChI=1S/C20H31N3O5/c1-19(2,3)28-18(27)22-16(20(15(25)11-24)6-4-5-7-20)17(26)23-13(10-21)8-12-9-14(12)23/h12-16,24-25H,4-9,11H2,1-3H3,(H,22,27)/t12-,13+,14+,15?,16-/m1/s1. The van der Waals surface area contributed by atoms with E-state index in [0.717, 1.165) is 19.3 Å². The zero-order valence-corrected chi connectivity index (χ0v) is 16.9. The molecule has 2 aliphatic carbocycles. The normalized spacial score (nSPS) is 30.1. The molecule has 0 aromatic heterocycles. The van der Waals surface area contributed by atoms with Gasteiger partial charge in [-0.05, 0) is 52.4 Å².